The standard InChI is InChI=1S/C16H23N5O8S/c1-9(2)8-28-30(25,26)12-7-20(19-18-12)6-10-13(23)14(27-3)15(29-10)21-5-4-11(22)17-16(21)24/h4-5,7,9-10,13-15,23H,6,8H2,1-3H3,(H,17,22,24). The van der Waals surface area contributed by atoms with Gasteiger partial charge in [-0.1, -0.05) is 19.1 Å². The van der Waals surface area contributed by atoms with Gasteiger partial charge >= 0.3 is 15.8 Å². The molecule has 1 aliphatic rings. The van der Waals surface area contributed by atoms with Crippen LogP contribution >= 0.6 is 0 Å². The Morgan fingerprint density at radius 2 is 2.10 bits per heavy atom. The van der Waals surface area contributed by atoms with Gasteiger partial charge in [0.25, 0.3) is 5.56 Å². The van der Waals surface area contributed by atoms with Gasteiger partial charge in [-0.05, 0) is 5.92 Å². The molecule has 0 aliphatic carbocycles. The van der Waals surface area contributed by atoms with Crippen LogP contribution in [0.2, 0.25) is 0 Å². The second-order valence-corrected chi connectivity index (χ2v) is 8.75. The number of nitrogens with zero attached hydrogens (tertiary/aromatic N) is 4. The van der Waals surface area contributed by atoms with Gasteiger partial charge in [-0.3, -0.25) is 18.5 Å². The monoisotopic (exact) mass is 445 g/mol. The lowest BCUT2D eigenvalue weighted by Gasteiger charge is -2.19. The largest absolute Gasteiger partial charge is 0.387 e. The molecule has 4 atom stereocenters. The Labute approximate surface area is 171 Å². The molecular formula is C16H23N5O8S. The number of H-pyrrole nitrogens is 1. The van der Waals surface area contributed by atoms with Gasteiger partial charge in [0, 0.05) is 19.4 Å². The van der Waals surface area contributed by atoms with Crippen molar-refractivity contribution in [2.75, 3.05) is 13.7 Å². The number of aromatic amines is 1. The molecule has 2 aromatic heterocycles. The highest BCUT2D eigenvalue weighted by molar-refractivity contribution is 7.86. The van der Waals surface area contributed by atoms with Crippen LogP contribution in [0.3, 0.4) is 0 Å². The molecule has 2 aromatic rings. The van der Waals surface area contributed by atoms with Crippen LogP contribution in [-0.4, -0.2) is 70.1 Å². The molecule has 1 saturated heterocycles. The molecule has 0 saturated carbocycles. The Hall–Kier alpha value is -2.39. The first-order valence-corrected chi connectivity index (χ1v) is 10.5. The normalized spacial score (nSPS) is 24.6. The summed E-state index contributed by atoms with van der Waals surface area (Å²) in [6.45, 7) is 3.55. The van der Waals surface area contributed by atoms with Crippen LogP contribution in [0.4, 0.5) is 0 Å². The summed E-state index contributed by atoms with van der Waals surface area (Å²) >= 11 is 0. The zero-order valence-electron chi connectivity index (χ0n) is 16.5. The van der Waals surface area contributed by atoms with E-state index in [1.165, 1.54) is 18.0 Å². The molecule has 4 unspecified atom stereocenters. The summed E-state index contributed by atoms with van der Waals surface area (Å²) in [4.78, 5) is 25.4. The molecular weight excluding hydrogens is 422 g/mol. The van der Waals surface area contributed by atoms with Crippen LogP contribution in [0, 0.1) is 5.92 Å². The third-order valence-corrected chi connectivity index (χ3v) is 5.55. The van der Waals surface area contributed by atoms with Gasteiger partial charge < -0.3 is 14.6 Å². The van der Waals surface area contributed by atoms with E-state index in [2.05, 4.69) is 15.3 Å². The summed E-state index contributed by atoms with van der Waals surface area (Å²) in [5, 5.41) is 17.5. The van der Waals surface area contributed by atoms with Crippen LogP contribution in [0.5, 0.6) is 0 Å². The Kier molecular flexibility index (Phi) is 6.52. The van der Waals surface area contributed by atoms with Gasteiger partial charge in [-0.2, -0.15) is 8.42 Å². The Morgan fingerprint density at radius 1 is 1.37 bits per heavy atom. The number of hydrogen-bond acceptors (Lipinski definition) is 10. The first-order valence-electron chi connectivity index (χ1n) is 9.09. The molecule has 0 aromatic carbocycles. The van der Waals surface area contributed by atoms with E-state index in [0.29, 0.717) is 0 Å². The van der Waals surface area contributed by atoms with Crippen molar-refractivity contribution in [2.24, 2.45) is 5.92 Å². The molecule has 1 fully saturated rings. The summed E-state index contributed by atoms with van der Waals surface area (Å²) in [5.74, 6) is 0.0103. The van der Waals surface area contributed by atoms with Gasteiger partial charge in [0.05, 0.1) is 19.3 Å². The number of aliphatic hydroxyl groups excluding tert-OH is 1. The highest BCUT2D eigenvalue weighted by atomic mass is 32.2. The van der Waals surface area contributed by atoms with Gasteiger partial charge in [-0.15, -0.1) is 5.10 Å². The van der Waals surface area contributed by atoms with Gasteiger partial charge in [0.15, 0.2) is 6.23 Å². The number of hydrogen-bond donors (Lipinski definition) is 2. The maximum atomic E-state index is 12.1. The van der Waals surface area contributed by atoms with E-state index >= 15 is 0 Å². The van der Waals surface area contributed by atoms with E-state index in [9.17, 15) is 23.1 Å². The molecule has 2 N–H and O–H groups in total. The zero-order chi connectivity index (χ0) is 22.1. The van der Waals surface area contributed by atoms with Gasteiger partial charge in [-0.25, -0.2) is 9.48 Å². The van der Waals surface area contributed by atoms with Crippen molar-refractivity contribution >= 4 is 10.1 Å². The molecule has 0 spiro atoms. The van der Waals surface area contributed by atoms with E-state index in [-0.39, 0.29) is 24.1 Å². The fraction of sp³-hybridized carbons (Fsp3) is 0.625. The summed E-state index contributed by atoms with van der Waals surface area (Å²) in [5.41, 5.74) is -1.30. The van der Waals surface area contributed by atoms with Crippen LogP contribution in [-0.2, 0) is 30.3 Å². The minimum atomic E-state index is -4.06. The van der Waals surface area contributed by atoms with Crippen LogP contribution < -0.4 is 11.2 Å². The summed E-state index contributed by atoms with van der Waals surface area (Å²) in [7, 11) is -2.72. The molecule has 0 amide bonds. The third-order valence-electron chi connectivity index (χ3n) is 4.41. The minimum Gasteiger partial charge on any atom is -0.387 e. The van der Waals surface area contributed by atoms with Crippen molar-refractivity contribution in [2.45, 2.75) is 50.0 Å². The molecule has 30 heavy (non-hydrogen) atoms. The van der Waals surface area contributed by atoms with Crippen molar-refractivity contribution in [3.8, 4) is 0 Å². The quantitative estimate of drug-likeness (QED) is 0.454. The molecule has 3 heterocycles. The maximum Gasteiger partial charge on any atom is 0.330 e. The van der Waals surface area contributed by atoms with E-state index < -0.39 is 45.9 Å². The minimum absolute atomic E-state index is 0.00472. The van der Waals surface area contributed by atoms with Crippen LogP contribution in [0.15, 0.2) is 33.1 Å². The number of nitrogens with one attached hydrogen (secondary N) is 1. The lowest BCUT2D eigenvalue weighted by molar-refractivity contribution is -0.0566. The first-order chi connectivity index (χ1) is 14.1. The fourth-order valence-corrected chi connectivity index (χ4v) is 3.89. The molecule has 0 bridgehead atoms. The fourth-order valence-electron chi connectivity index (χ4n) is 2.93. The van der Waals surface area contributed by atoms with Gasteiger partial charge in [0.1, 0.15) is 18.3 Å². The predicted molar refractivity (Wildman–Crippen MR) is 100 cm³/mol. The van der Waals surface area contributed by atoms with Crippen molar-refractivity contribution in [3.05, 3.63) is 39.3 Å². The smallest absolute Gasteiger partial charge is 0.330 e. The van der Waals surface area contributed by atoms with Crippen molar-refractivity contribution in [1.29, 1.82) is 0 Å². The Balaban J connectivity index is 1.77. The SMILES string of the molecule is COC1C(O)C(Cn2cc(S(=O)(=O)OCC(C)C)nn2)OC1n1ccc(=O)[nH]c1=O. The van der Waals surface area contributed by atoms with E-state index in [1.54, 1.807) is 0 Å². The highest BCUT2D eigenvalue weighted by Crippen LogP contribution is 2.31. The molecule has 1 aliphatic heterocycles. The first kappa shape index (κ1) is 22.3. The van der Waals surface area contributed by atoms with Crippen molar-refractivity contribution < 1.29 is 27.2 Å². The molecule has 0 radical (unpaired) electrons. The lowest BCUT2D eigenvalue weighted by atomic mass is 10.1. The van der Waals surface area contributed by atoms with Crippen molar-refractivity contribution in [3.63, 3.8) is 0 Å². The Morgan fingerprint density at radius 3 is 2.73 bits per heavy atom. The van der Waals surface area contributed by atoms with Crippen molar-refractivity contribution in [1.82, 2.24) is 24.5 Å². The number of aromatic nitrogens is 5. The Bertz CT molecular complexity index is 1090. The van der Waals surface area contributed by atoms with E-state index in [4.69, 9.17) is 13.7 Å². The summed E-state index contributed by atoms with van der Waals surface area (Å²) in [6, 6.07) is 1.14. The molecule has 14 heteroatoms. The summed E-state index contributed by atoms with van der Waals surface area (Å²) in [6.07, 6.45) is -1.60. The molecule has 166 valence electrons. The van der Waals surface area contributed by atoms with Gasteiger partial charge in [0.2, 0.25) is 5.03 Å². The van der Waals surface area contributed by atoms with Crippen LogP contribution in [0.1, 0.15) is 20.1 Å². The predicted octanol–water partition coefficient (Wildman–Crippen LogP) is -1.54. The summed E-state index contributed by atoms with van der Waals surface area (Å²) < 4.78 is 42.5. The number of rotatable bonds is 8. The molecule has 13 nitrogen and oxygen atoms in total. The average molecular weight is 445 g/mol. The maximum absolute atomic E-state index is 12.1. The highest BCUT2D eigenvalue weighted by Gasteiger charge is 2.45. The third kappa shape index (κ3) is 4.67. The zero-order valence-corrected chi connectivity index (χ0v) is 17.4. The number of aliphatic hydroxyl groups is 1. The average Bonchev–Trinajstić information content (AvgIpc) is 3.26. The number of methoxy groups -OCH3 is 1. The second kappa shape index (κ2) is 8.77. The second-order valence-electron chi connectivity index (χ2n) is 7.18. The lowest BCUT2D eigenvalue weighted by Crippen LogP contribution is -2.38. The van der Waals surface area contributed by atoms with E-state index in [1.807, 2.05) is 13.8 Å². The topological polar surface area (TPSA) is 168 Å². The van der Waals surface area contributed by atoms with E-state index in [0.717, 1.165) is 16.8 Å². The van der Waals surface area contributed by atoms with Crippen LogP contribution in [0.25, 0.3) is 0 Å². The molecule has 3 rings (SSSR count). The number of ether oxygens (including phenoxy) is 2.